The smallest absolute Gasteiger partial charge is 0.0776 e. The van der Waals surface area contributed by atoms with Gasteiger partial charge in [0, 0.05) is 17.1 Å². The minimum atomic E-state index is 0. The van der Waals surface area contributed by atoms with Gasteiger partial charge in [-0.3, -0.25) is 0 Å². The molecule has 0 aromatic rings. The zero-order valence-electron chi connectivity index (χ0n) is 0.354. The average molecular weight is 128 g/mol. The second-order valence-electron chi connectivity index (χ2n) is 0. The predicted octanol–water partition coefficient (Wildman–Crippen LogP) is -1.47. The van der Waals surface area contributed by atoms with Gasteiger partial charge in [0.1, 0.15) is 0 Å². The molecule has 0 fully saturated rings. The third kappa shape index (κ3) is 9.17. The molecule has 0 aromatic carbocycles. The van der Waals surface area contributed by atoms with Crippen molar-refractivity contribution in [3.05, 3.63) is 0 Å². The molecule has 0 unspecified atom stereocenters. The monoisotopic (exact) mass is 128 g/mol. The van der Waals surface area contributed by atoms with Crippen LogP contribution in [0, 0.1) is 0 Å². The third-order valence-corrected chi connectivity index (χ3v) is 0. The van der Waals surface area contributed by atoms with Gasteiger partial charge in [-0.1, -0.05) is 7.43 Å². The van der Waals surface area contributed by atoms with Gasteiger partial charge < -0.3 is 0 Å². The maximum Gasteiger partial charge on any atom is 0.316 e. The molecule has 0 radical (unpaired) electrons. The molecule has 0 N–H and O–H groups in total. The largest absolute Gasteiger partial charge is 0.316 e. The van der Waals surface area contributed by atoms with E-state index in [1.807, 2.05) is 0 Å². The average Bonchev–Trinajstić information content (AvgIpc) is 0. The van der Waals surface area contributed by atoms with Gasteiger partial charge in [0.05, 0.1) is 0 Å². The molecule has 0 aliphatic heterocycles. The van der Waals surface area contributed by atoms with Crippen LogP contribution in [0.3, 0.4) is 0 Å². The van der Waals surface area contributed by atoms with E-state index in [0.717, 1.165) is 0 Å². The SMILES string of the molecule is C.[AlH3].[Fe].[MgH2]. The first-order valence-corrected chi connectivity index (χ1v) is 0. The molecule has 0 rings (SSSR count). The van der Waals surface area contributed by atoms with Crippen LogP contribution < -0.4 is 0 Å². The van der Waals surface area contributed by atoms with Gasteiger partial charge in [-0.05, 0) is 0 Å². The van der Waals surface area contributed by atoms with Gasteiger partial charge in [0.15, 0.2) is 17.4 Å². The molecule has 0 atom stereocenters. The van der Waals surface area contributed by atoms with Crippen LogP contribution in [0.2, 0.25) is 0 Å². The third-order valence-electron chi connectivity index (χ3n) is 0. The summed E-state index contributed by atoms with van der Waals surface area (Å²) in [5, 5.41) is 0. The molecular weight excluding hydrogens is 119 g/mol. The maximum absolute atomic E-state index is 0. The minimum absolute atomic E-state index is 0. The Bertz CT molecular complexity index is 8.00. The fourth-order valence-corrected chi connectivity index (χ4v) is 0. The number of hydrogen-bond acceptors (Lipinski definition) is 0. The Balaban J connectivity index is 0. The molecule has 26 valence electrons. The van der Waals surface area contributed by atoms with Gasteiger partial charge in [-0.25, -0.2) is 0 Å². The standard InChI is InChI=1S/CH4.Al.Fe.Mg.5H/h1H4;;;;;;;;. The zero-order valence-corrected chi connectivity index (χ0v) is 1.46. The summed E-state index contributed by atoms with van der Waals surface area (Å²) in [7, 11) is 0. The Morgan fingerprint density at radius 2 is 1.00 bits per heavy atom. The van der Waals surface area contributed by atoms with Crippen molar-refractivity contribution in [3.63, 3.8) is 0 Å². The van der Waals surface area contributed by atoms with Crippen LogP contribution in [-0.4, -0.2) is 40.4 Å². The molecule has 0 heterocycles. The normalized spacial score (nSPS) is 0. The molecule has 0 bridgehead atoms. The van der Waals surface area contributed by atoms with Crippen molar-refractivity contribution in [1.82, 2.24) is 0 Å². The van der Waals surface area contributed by atoms with Crippen molar-refractivity contribution in [3.8, 4) is 0 Å². The van der Waals surface area contributed by atoms with Crippen molar-refractivity contribution in [1.29, 1.82) is 0 Å². The molecule has 0 nitrogen and oxygen atoms in total. The van der Waals surface area contributed by atoms with E-state index in [0.29, 0.717) is 0 Å². The number of rotatable bonds is 0. The molecule has 0 aliphatic carbocycles. The van der Waals surface area contributed by atoms with E-state index in [1.165, 1.54) is 0 Å². The summed E-state index contributed by atoms with van der Waals surface area (Å²) in [5.74, 6) is 0. The van der Waals surface area contributed by atoms with Crippen LogP contribution in [0.15, 0.2) is 0 Å². The molecule has 0 aromatic heterocycles. The number of hydrogen-bond donors (Lipinski definition) is 0. The molecule has 3 heteroatoms. The van der Waals surface area contributed by atoms with Gasteiger partial charge in [-0.2, -0.15) is 0 Å². The Morgan fingerprint density at radius 1 is 1.00 bits per heavy atom. The van der Waals surface area contributed by atoms with E-state index in [1.54, 1.807) is 0 Å². The van der Waals surface area contributed by atoms with E-state index >= 15 is 0 Å². The Labute approximate surface area is 64.5 Å². The second kappa shape index (κ2) is 21.2. The first-order chi connectivity index (χ1) is 0. The second-order valence-corrected chi connectivity index (χ2v) is 0. The van der Waals surface area contributed by atoms with E-state index < -0.39 is 0 Å². The molecule has 0 saturated carbocycles. The van der Waals surface area contributed by atoms with E-state index in [-0.39, 0.29) is 64.9 Å². The zero-order chi connectivity index (χ0) is 0. The Hall–Kier alpha value is 1.82. The van der Waals surface area contributed by atoms with Crippen molar-refractivity contribution < 1.29 is 17.1 Å². The maximum atomic E-state index is 0. The van der Waals surface area contributed by atoms with Crippen LogP contribution >= 0.6 is 0 Å². The van der Waals surface area contributed by atoms with Crippen molar-refractivity contribution >= 4 is 40.4 Å². The molecular formula is CH9AlFeMg. The summed E-state index contributed by atoms with van der Waals surface area (Å²) in [6.45, 7) is 0. The van der Waals surface area contributed by atoms with Crippen LogP contribution in [0.1, 0.15) is 7.43 Å². The van der Waals surface area contributed by atoms with Gasteiger partial charge in [0.2, 0.25) is 0 Å². The molecule has 0 saturated heterocycles. The minimum Gasteiger partial charge on any atom is -0.0776 e. The predicted molar refractivity (Wildman–Crippen MR) is 25.2 cm³/mol. The van der Waals surface area contributed by atoms with E-state index in [4.69, 9.17) is 0 Å². The molecule has 4 heavy (non-hydrogen) atoms. The summed E-state index contributed by atoms with van der Waals surface area (Å²) in [4.78, 5) is 0. The molecule has 0 amide bonds. The fraction of sp³-hybridized carbons (Fsp3) is 1.00. The molecule has 0 aliphatic rings. The summed E-state index contributed by atoms with van der Waals surface area (Å²) >= 11 is 0. The topological polar surface area (TPSA) is 0 Å². The van der Waals surface area contributed by atoms with Gasteiger partial charge >= 0.3 is 23.1 Å². The van der Waals surface area contributed by atoms with E-state index in [2.05, 4.69) is 0 Å². The van der Waals surface area contributed by atoms with Crippen molar-refractivity contribution in [2.45, 2.75) is 7.43 Å². The van der Waals surface area contributed by atoms with Crippen LogP contribution in [-0.2, 0) is 17.1 Å². The Kier molecular flexibility index (Phi) is 217. The van der Waals surface area contributed by atoms with Crippen molar-refractivity contribution in [2.75, 3.05) is 0 Å². The van der Waals surface area contributed by atoms with Crippen molar-refractivity contribution in [2.24, 2.45) is 0 Å². The molecule has 0 spiro atoms. The van der Waals surface area contributed by atoms with Crippen LogP contribution in [0.25, 0.3) is 0 Å². The Morgan fingerprint density at radius 3 is 1.00 bits per heavy atom. The summed E-state index contributed by atoms with van der Waals surface area (Å²) in [6, 6.07) is 0. The van der Waals surface area contributed by atoms with E-state index in [9.17, 15) is 0 Å². The fourth-order valence-electron chi connectivity index (χ4n) is 0. The van der Waals surface area contributed by atoms with Crippen LogP contribution in [0.4, 0.5) is 0 Å². The quantitative estimate of drug-likeness (QED) is 0.350. The van der Waals surface area contributed by atoms with Gasteiger partial charge in [0.25, 0.3) is 0 Å². The summed E-state index contributed by atoms with van der Waals surface area (Å²) < 4.78 is 0. The summed E-state index contributed by atoms with van der Waals surface area (Å²) in [5.41, 5.74) is 0. The first kappa shape index (κ1) is 40.9. The van der Waals surface area contributed by atoms with Crippen LogP contribution in [0.5, 0.6) is 0 Å². The first-order valence-electron chi connectivity index (χ1n) is 0. The summed E-state index contributed by atoms with van der Waals surface area (Å²) in [6.07, 6.45) is 0. The van der Waals surface area contributed by atoms with Gasteiger partial charge in [-0.15, -0.1) is 0 Å².